The first-order valence-electron chi connectivity index (χ1n) is 7.00. The fraction of sp³-hybridized carbons (Fsp3) is 0.400. The Morgan fingerprint density at radius 2 is 2.24 bits per heavy atom. The summed E-state index contributed by atoms with van der Waals surface area (Å²) in [5.41, 5.74) is 1.75. The maximum atomic E-state index is 12.3. The van der Waals surface area contributed by atoms with Crippen molar-refractivity contribution in [2.24, 2.45) is 0 Å². The predicted octanol–water partition coefficient (Wildman–Crippen LogP) is 2.99. The minimum atomic E-state index is -0.129. The van der Waals surface area contributed by atoms with E-state index < -0.39 is 0 Å². The summed E-state index contributed by atoms with van der Waals surface area (Å²) < 4.78 is 9.32. The van der Waals surface area contributed by atoms with Crippen molar-refractivity contribution in [1.29, 1.82) is 0 Å². The Morgan fingerprint density at radius 3 is 2.95 bits per heavy atom. The van der Waals surface area contributed by atoms with Crippen molar-refractivity contribution in [3.63, 3.8) is 0 Å². The van der Waals surface area contributed by atoms with E-state index in [2.05, 4.69) is 14.9 Å². The molecule has 1 N–H and O–H groups in total. The molecule has 0 bridgehead atoms. The number of amides is 1. The van der Waals surface area contributed by atoms with E-state index in [1.807, 2.05) is 45.0 Å². The predicted molar refractivity (Wildman–Crippen MR) is 82.8 cm³/mol. The highest BCUT2D eigenvalue weighted by molar-refractivity contribution is 7.08. The van der Waals surface area contributed by atoms with Gasteiger partial charge >= 0.3 is 0 Å². The van der Waals surface area contributed by atoms with E-state index in [1.54, 1.807) is 0 Å². The van der Waals surface area contributed by atoms with Gasteiger partial charge in [-0.1, -0.05) is 23.5 Å². The molecule has 0 unspecified atom stereocenters. The van der Waals surface area contributed by atoms with E-state index in [0.29, 0.717) is 17.9 Å². The Balaban J connectivity index is 2.08. The van der Waals surface area contributed by atoms with Crippen LogP contribution >= 0.6 is 11.5 Å². The molecule has 1 atom stereocenters. The lowest BCUT2D eigenvalue weighted by atomic mass is 10.1. The Kier molecular flexibility index (Phi) is 5.27. The second-order valence-corrected chi connectivity index (χ2v) is 5.36. The Morgan fingerprint density at radius 1 is 1.43 bits per heavy atom. The lowest BCUT2D eigenvalue weighted by molar-refractivity contribution is 0.0943. The number of nitrogens with one attached hydrogen (secondary N) is 1. The molecule has 6 heteroatoms. The van der Waals surface area contributed by atoms with Crippen molar-refractivity contribution in [2.45, 2.75) is 33.2 Å². The highest BCUT2D eigenvalue weighted by atomic mass is 32.1. The molecule has 1 aromatic carbocycles. The Bertz CT molecular complexity index is 612. The van der Waals surface area contributed by atoms with Gasteiger partial charge in [0.1, 0.15) is 10.6 Å². The zero-order valence-corrected chi connectivity index (χ0v) is 13.2. The summed E-state index contributed by atoms with van der Waals surface area (Å²) in [5, 5.41) is 6.94. The number of carbonyl (C=O) groups is 1. The fourth-order valence-corrected chi connectivity index (χ4v) is 2.65. The van der Waals surface area contributed by atoms with Crippen LogP contribution in [0.1, 0.15) is 47.7 Å². The van der Waals surface area contributed by atoms with Gasteiger partial charge < -0.3 is 10.1 Å². The molecule has 5 nitrogen and oxygen atoms in total. The number of hydrogen-bond donors (Lipinski definition) is 1. The molecule has 1 amide bonds. The average Bonchev–Trinajstić information content (AvgIpc) is 2.96. The van der Waals surface area contributed by atoms with Crippen LogP contribution in [0.3, 0.4) is 0 Å². The van der Waals surface area contributed by atoms with Crippen molar-refractivity contribution in [2.75, 3.05) is 6.61 Å². The van der Waals surface area contributed by atoms with Gasteiger partial charge in [0.25, 0.3) is 5.91 Å². The van der Waals surface area contributed by atoms with Crippen LogP contribution in [0.4, 0.5) is 0 Å². The SMILES string of the molecule is CCOc1cccc([C@@H](C)NC(=O)c2snnc2CC)c1. The van der Waals surface area contributed by atoms with E-state index in [4.69, 9.17) is 4.74 Å². The summed E-state index contributed by atoms with van der Waals surface area (Å²) in [6, 6.07) is 7.64. The summed E-state index contributed by atoms with van der Waals surface area (Å²) in [6.45, 7) is 6.48. The third-order valence-electron chi connectivity index (χ3n) is 3.11. The number of hydrogen-bond acceptors (Lipinski definition) is 5. The largest absolute Gasteiger partial charge is 0.494 e. The van der Waals surface area contributed by atoms with Crippen molar-refractivity contribution in [3.8, 4) is 5.75 Å². The molecule has 1 aromatic heterocycles. The van der Waals surface area contributed by atoms with Crippen LogP contribution < -0.4 is 10.1 Å². The molecule has 0 fully saturated rings. The third kappa shape index (κ3) is 3.78. The Labute approximate surface area is 128 Å². The number of rotatable bonds is 6. The van der Waals surface area contributed by atoms with Gasteiger partial charge in [0.15, 0.2) is 0 Å². The molecule has 1 heterocycles. The van der Waals surface area contributed by atoms with Crippen LogP contribution in [-0.2, 0) is 6.42 Å². The molecule has 0 aliphatic heterocycles. The monoisotopic (exact) mass is 305 g/mol. The molecule has 0 radical (unpaired) electrons. The lowest BCUT2D eigenvalue weighted by Crippen LogP contribution is -2.26. The van der Waals surface area contributed by atoms with Crippen LogP contribution in [0.25, 0.3) is 0 Å². The second kappa shape index (κ2) is 7.17. The van der Waals surface area contributed by atoms with E-state index in [-0.39, 0.29) is 11.9 Å². The summed E-state index contributed by atoms with van der Waals surface area (Å²) in [4.78, 5) is 12.9. The molecule has 0 saturated carbocycles. The molecular formula is C15H19N3O2S. The number of aromatic nitrogens is 2. The first-order chi connectivity index (χ1) is 10.2. The van der Waals surface area contributed by atoms with Gasteiger partial charge in [-0.05, 0) is 49.5 Å². The molecule has 0 spiro atoms. The van der Waals surface area contributed by atoms with Crippen molar-refractivity contribution in [1.82, 2.24) is 14.9 Å². The van der Waals surface area contributed by atoms with Crippen molar-refractivity contribution < 1.29 is 9.53 Å². The molecule has 112 valence electrons. The van der Waals surface area contributed by atoms with E-state index >= 15 is 0 Å². The molecule has 0 saturated heterocycles. The summed E-state index contributed by atoms with van der Waals surface area (Å²) in [7, 11) is 0. The maximum absolute atomic E-state index is 12.3. The average molecular weight is 305 g/mol. The highest BCUT2D eigenvalue weighted by Crippen LogP contribution is 2.20. The first kappa shape index (κ1) is 15.4. The molecule has 0 aliphatic carbocycles. The third-order valence-corrected chi connectivity index (χ3v) is 3.88. The number of nitrogens with zero attached hydrogens (tertiary/aromatic N) is 2. The quantitative estimate of drug-likeness (QED) is 0.891. The lowest BCUT2D eigenvalue weighted by Gasteiger charge is -2.15. The zero-order chi connectivity index (χ0) is 15.2. The number of ether oxygens (including phenoxy) is 1. The summed E-state index contributed by atoms with van der Waals surface area (Å²) in [6.07, 6.45) is 0.702. The summed E-state index contributed by atoms with van der Waals surface area (Å²) in [5.74, 6) is 0.681. The van der Waals surface area contributed by atoms with Gasteiger partial charge in [0, 0.05) is 0 Å². The van der Waals surface area contributed by atoms with E-state index in [0.717, 1.165) is 28.5 Å². The minimum Gasteiger partial charge on any atom is -0.494 e. The van der Waals surface area contributed by atoms with Gasteiger partial charge in [-0.25, -0.2) is 0 Å². The fourth-order valence-electron chi connectivity index (χ4n) is 2.00. The van der Waals surface area contributed by atoms with Crippen LogP contribution in [0.2, 0.25) is 0 Å². The molecular weight excluding hydrogens is 286 g/mol. The Hall–Kier alpha value is -1.95. The zero-order valence-electron chi connectivity index (χ0n) is 12.4. The highest BCUT2D eigenvalue weighted by Gasteiger charge is 2.17. The standard InChI is InChI=1S/C15H19N3O2S/c1-4-13-14(21-18-17-13)15(19)16-10(3)11-7-6-8-12(9-11)20-5-2/h6-10H,4-5H2,1-3H3,(H,16,19)/t10-/m1/s1. The van der Waals surface area contributed by atoms with Crippen LogP contribution in [0.5, 0.6) is 5.75 Å². The topological polar surface area (TPSA) is 64.1 Å². The van der Waals surface area contributed by atoms with Crippen molar-refractivity contribution in [3.05, 3.63) is 40.4 Å². The molecule has 2 rings (SSSR count). The molecule has 0 aliphatic rings. The number of carbonyl (C=O) groups excluding carboxylic acids is 1. The van der Waals surface area contributed by atoms with E-state index in [1.165, 1.54) is 0 Å². The normalized spacial score (nSPS) is 12.0. The maximum Gasteiger partial charge on any atom is 0.265 e. The van der Waals surface area contributed by atoms with Gasteiger partial charge in [-0.3, -0.25) is 4.79 Å². The van der Waals surface area contributed by atoms with Crippen LogP contribution in [0.15, 0.2) is 24.3 Å². The van der Waals surface area contributed by atoms with Gasteiger partial charge in [-0.2, -0.15) is 0 Å². The number of benzene rings is 1. The van der Waals surface area contributed by atoms with Crippen LogP contribution in [0, 0.1) is 0 Å². The van der Waals surface area contributed by atoms with Gasteiger partial charge in [-0.15, -0.1) is 5.10 Å². The second-order valence-electron chi connectivity index (χ2n) is 4.60. The van der Waals surface area contributed by atoms with Crippen LogP contribution in [-0.4, -0.2) is 22.1 Å². The van der Waals surface area contributed by atoms with Crippen molar-refractivity contribution >= 4 is 17.4 Å². The van der Waals surface area contributed by atoms with Gasteiger partial charge in [0.05, 0.1) is 18.3 Å². The minimum absolute atomic E-state index is 0.107. The number of aryl methyl sites for hydroxylation is 1. The summed E-state index contributed by atoms with van der Waals surface area (Å²) >= 11 is 1.13. The molecule has 21 heavy (non-hydrogen) atoms. The first-order valence-corrected chi connectivity index (χ1v) is 7.77. The van der Waals surface area contributed by atoms with E-state index in [9.17, 15) is 4.79 Å². The smallest absolute Gasteiger partial charge is 0.265 e. The van der Waals surface area contributed by atoms with Gasteiger partial charge in [0.2, 0.25) is 0 Å². The molecule has 2 aromatic rings.